The van der Waals surface area contributed by atoms with Crippen molar-refractivity contribution in [1.29, 1.82) is 0 Å². The minimum Gasteiger partial charge on any atom is -0.384 e. The van der Waals surface area contributed by atoms with Crippen LogP contribution in [0.5, 0.6) is 0 Å². The van der Waals surface area contributed by atoms with Crippen molar-refractivity contribution in [2.75, 3.05) is 0 Å². The molecule has 1 N–H and O–H groups in total. The first kappa shape index (κ1) is 7.40. The normalized spacial score (nSPS) is 14.6. The summed E-state index contributed by atoms with van der Waals surface area (Å²) in [4.78, 5) is 0. The SMILES string of the molecule is CC(C)c1cnn2c1CNC=C2. The van der Waals surface area contributed by atoms with Gasteiger partial charge in [0.25, 0.3) is 0 Å². The molecule has 0 saturated carbocycles. The Bertz CT molecular complexity index is 310. The lowest BCUT2D eigenvalue weighted by atomic mass is 10.0. The smallest absolute Gasteiger partial charge is 0.0661 e. The highest BCUT2D eigenvalue weighted by atomic mass is 15.3. The summed E-state index contributed by atoms with van der Waals surface area (Å²) in [5.74, 6) is 0.557. The fourth-order valence-electron chi connectivity index (χ4n) is 1.47. The Kier molecular flexibility index (Phi) is 1.64. The number of aromatic nitrogens is 2. The lowest BCUT2D eigenvalue weighted by molar-refractivity contribution is 0.723. The molecule has 0 unspecified atom stereocenters. The van der Waals surface area contributed by atoms with Gasteiger partial charge in [0.15, 0.2) is 0 Å². The maximum atomic E-state index is 4.27. The highest BCUT2D eigenvalue weighted by Crippen LogP contribution is 2.20. The molecule has 0 aliphatic carbocycles. The topological polar surface area (TPSA) is 29.9 Å². The van der Waals surface area contributed by atoms with E-state index < -0.39 is 0 Å². The second kappa shape index (κ2) is 2.66. The van der Waals surface area contributed by atoms with Crippen LogP contribution < -0.4 is 5.32 Å². The van der Waals surface area contributed by atoms with Crippen LogP contribution in [0.1, 0.15) is 31.0 Å². The summed E-state index contributed by atoms with van der Waals surface area (Å²) >= 11 is 0. The van der Waals surface area contributed by atoms with Gasteiger partial charge in [-0.15, -0.1) is 0 Å². The van der Waals surface area contributed by atoms with Crippen LogP contribution in [0.15, 0.2) is 12.4 Å². The van der Waals surface area contributed by atoms with E-state index in [0.717, 1.165) is 6.54 Å². The fraction of sp³-hybridized carbons (Fsp3) is 0.444. The molecule has 2 rings (SSSR count). The largest absolute Gasteiger partial charge is 0.384 e. The molecule has 1 aromatic rings. The van der Waals surface area contributed by atoms with E-state index >= 15 is 0 Å². The Morgan fingerprint density at radius 3 is 3.17 bits per heavy atom. The lowest BCUT2D eigenvalue weighted by Gasteiger charge is -2.12. The summed E-state index contributed by atoms with van der Waals surface area (Å²) < 4.78 is 1.94. The van der Waals surface area contributed by atoms with Crippen LogP contribution >= 0.6 is 0 Å². The van der Waals surface area contributed by atoms with Gasteiger partial charge in [0, 0.05) is 12.4 Å². The molecule has 0 fully saturated rings. The molecule has 1 aromatic heterocycles. The molecule has 64 valence electrons. The molecular weight excluding hydrogens is 150 g/mol. The van der Waals surface area contributed by atoms with Crippen molar-refractivity contribution in [3.63, 3.8) is 0 Å². The van der Waals surface area contributed by atoms with Crippen LogP contribution in [0.25, 0.3) is 6.20 Å². The van der Waals surface area contributed by atoms with Crippen LogP contribution in [-0.2, 0) is 6.54 Å². The molecule has 0 bridgehead atoms. The number of nitrogens with zero attached hydrogens (tertiary/aromatic N) is 2. The highest BCUT2D eigenvalue weighted by molar-refractivity contribution is 5.33. The fourth-order valence-corrected chi connectivity index (χ4v) is 1.47. The Labute approximate surface area is 72.1 Å². The second-order valence-corrected chi connectivity index (χ2v) is 3.34. The van der Waals surface area contributed by atoms with Gasteiger partial charge in [-0.1, -0.05) is 13.8 Å². The quantitative estimate of drug-likeness (QED) is 0.680. The molecule has 1 aliphatic rings. The van der Waals surface area contributed by atoms with Gasteiger partial charge < -0.3 is 5.32 Å². The summed E-state index contributed by atoms with van der Waals surface area (Å²) in [5, 5.41) is 7.45. The van der Waals surface area contributed by atoms with Gasteiger partial charge in [-0.25, -0.2) is 4.68 Å². The predicted molar refractivity (Wildman–Crippen MR) is 48.5 cm³/mol. The van der Waals surface area contributed by atoms with E-state index in [1.165, 1.54) is 11.3 Å². The van der Waals surface area contributed by atoms with Gasteiger partial charge in [0.1, 0.15) is 0 Å². The summed E-state index contributed by atoms with van der Waals surface area (Å²) in [6.07, 6.45) is 5.83. The zero-order valence-corrected chi connectivity index (χ0v) is 7.41. The number of nitrogens with one attached hydrogen (secondary N) is 1. The van der Waals surface area contributed by atoms with Crippen molar-refractivity contribution < 1.29 is 0 Å². The molecular formula is C9H13N3. The van der Waals surface area contributed by atoms with Crippen LogP contribution in [0, 0.1) is 0 Å². The van der Waals surface area contributed by atoms with E-state index in [4.69, 9.17) is 0 Å². The molecule has 1 aliphatic heterocycles. The van der Waals surface area contributed by atoms with Crippen molar-refractivity contribution in [3.05, 3.63) is 23.7 Å². The van der Waals surface area contributed by atoms with Crippen molar-refractivity contribution in [2.45, 2.75) is 26.3 Å². The van der Waals surface area contributed by atoms with Gasteiger partial charge in [-0.05, 0) is 11.5 Å². The average Bonchev–Trinajstić information content (AvgIpc) is 2.47. The molecule has 2 heterocycles. The third-order valence-electron chi connectivity index (χ3n) is 2.16. The van der Waals surface area contributed by atoms with Gasteiger partial charge in [-0.2, -0.15) is 5.10 Å². The number of rotatable bonds is 1. The standard InChI is InChI=1S/C9H13N3/c1-7(2)8-5-11-12-4-3-10-6-9(8)12/h3-5,7,10H,6H2,1-2H3. The predicted octanol–water partition coefficient (Wildman–Crippen LogP) is 1.54. The van der Waals surface area contributed by atoms with E-state index in [9.17, 15) is 0 Å². The zero-order chi connectivity index (χ0) is 8.55. The lowest BCUT2D eigenvalue weighted by Crippen LogP contribution is -2.15. The Hall–Kier alpha value is -1.25. The summed E-state index contributed by atoms with van der Waals surface area (Å²) in [7, 11) is 0. The first-order valence-electron chi connectivity index (χ1n) is 4.25. The summed E-state index contributed by atoms with van der Waals surface area (Å²) in [6.45, 7) is 5.27. The molecule has 0 aromatic carbocycles. The van der Waals surface area contributed by atoms with E-state index in [-0.39, 0.29) is 0 Å². The molecule has 0 atom stereocenters. The third-order valence-corrected chi connectivity index (χ3v) is 2.16. The van der Waals surface area contributed by atoms with Crippen molar-refractivity contribution in [1.82, 2.24) is 15.1 Å². The van der Waals surface area contributed by atoms with E-state index in [0.29, 0.717) is 5.92 Å². The van der Waals surface area contributed by atoms with Crippen LogP contribution in [0.3, 0.4) is 0 Å². The van der Waals surface area contributed by atoms with E-state index in [2.05, 4.69) is 24.3 Å². The molecule has 0 spiro atoms. The Morgan fingerprint density at radius 1 is 1.58 bits per heavy atom. The molecule has 3 heteroatoms. The van der Waals surface area contributed by atoms with E-state index in [1.54, 1.807) is 0 Å². The zero-order valence-electron chi connectivity index (χ0n) is 7.41. The van der Waals surface area contributed by atoms with Gasteiger partial charge in [0.2, 0.25) is 0 Å². The number of fused-ring (bicyclic) bond motifs is 1. The first-order chi connectivity index (χ1) is 5.79. The molecule has 3 nitrogen and oxygen atoms in total. The number of hydrogen-bond acceptors (Lipinski definition) is 2. The average molecular weight is 163 g/mol. The van der Waals surface area contributed by atoms with E-state index in [1.807, 2.05) is 23.3 Å². The summed E-state index contributed by atoms with van der Waals surface area (Å²) in [6, 6.07) is 0. The summed E-state index contributed by atoms with van der Waals surface area (Å²) in [5.41, 5.74) is 2.62. The maximum Gasteiger partial charge on any atom is 0.0661 e. The first-order valence-corrected chi connectivity index (χ1v) is 4.25. The molecule has 0 radical (unpaired) electrons. The Balaban J connectivity index is 2.46. The van der Waals surface area contributed by atoms with Gasteiger partial charge in [-0.3, -0.25) is 0 Å². The van der Waals surface area contributed by atoms with Crippen molar-refractivity contribution in [2.24, 2.45) is 0 Å². The molecule has 12 heavy (non-hydrogen) atoms. The third kappa shape index (κ3) is 1.02. The maximum absolute atomic E-state index is 4.27. The number of hydrogen-bond donors (Lipinski definition) is 1. The van der Waals surface area contributed by atoms with Crippen LogP contribution in [0.2, 0.25) is 0 Å². The monoisotopic (exact) mass is 163 g/mol. The molecule has 0 amide bonds. The minimum atomic E-state index is 0.557. The van der Waals surface area contributed by atoms with Crippen LogP contribution in [0.4, 0.5) is 0 Å². The highest BCUT2D eigenvalue weighted by Gasteiger charge is 2.13. The van der Waals surface area contributed by atoms with Crippen molar-refractivity contribution >= 4 is 6.20 Å². The second-order valence-electron chi connectivity index (χ2n) is 3.34. The van der Waals surface area contributed by atoms with Gasteiger partial charge in [0.05, 0.1) is 18.4 Å². The van der Waals surface area contributed by atoms with Gasteiger partial charge >= 0.3 is 0 Å². The van der Waals surface area contributed by atoms with Crippen molar-refractivity contribution in [3.8, 4) is 0 Å². The minimum absolute atomic E-state index is 0.557. The Morgan fingerprint density at radius 2 is 2.42 bits per heavy atom. The van der Waals surface area contributed by atoms with Crippen LogP contribution in [-0.4, -0.2) is 9.78 Å². The molecule has 0 saturated heterocycles.